The molecule has 0 amide bonds. The first kappa shape index (κ1) is 17.2. The van der Waals surface area contributed by atoms with Crippen LogP contribution >= 0.6 is 11.6 Å². The van der Waals surface area contributed by atoms with Crippen molar-refractivity contribution in [3.05, 3.63) is 44.7 Å². The van der Waals surface area contributed by atoms with Crippen LogP contribution in [-0.4, -0.2) is 11.3 Å². The Kier molecular flexibility index (Phi) is 4.40. The Bertz CT molecular complexity index is 955. The molecule has 0 unspecified atom stereocenters. The van der Waals surface area contributed by atoms with E-state index in [0.717, 1.165) is 6.07 Å². The van der Waals surface area contributed by atoms with Crippen LogP contribution in [0.3, 0.4) is 0 Å². The standard InChI is InChI=1S/C14H6ClF3N4O2/c15-8-2-1-3-9(24-14(16,17)18)11(8)10-6(4-19)12(21)22-13(23)7(10)5-20/h1-3H,(H3,21,22,23). The normalized spacial score (nSPS) is 10.8. The summed E-state index contributed by atoms with van der Waals surface area (Å²) in [6.45, 7) is 0. The second-order valence-corrected chi connectivity index (χ2v) is 4.78. The van der Waals surface area contributed by atoms with Crippen molar-refractivity contribution in [3.63, 3.8) is 0 Å². The van der Waals surface area contributed by atoms with E-state index in [4.69, 9.17) is 22.6 Å². The molecule has 0 aliphatic heterocycles. The number of H-pyrrole nitrogens is 1. The van der Waals surface area contributed by atoms with Crippen LogP contribution < -0.4 is 16.0 Å². The Morgan fingerprint density at radius 2 is 1.79 bits per heavy atom. The van der Waals surface area contributed by atoms with Gasteiger partial charge in [0, 0.05) is 11.1 Å². The smallest absolute Gasteiger partial charge is 0.405 e. The molecule has 24 heavy (non-hydrogen) atoms. The average Bonchev–Trinajstić information content (AvgIpc) is 2.45. The minimum Gasteiger partial charge on any atom is -0.405 e. The van der Waals surface area contributed by atoms with E-state index >= 15 is 0 Å². The highest BCUT2D eigenvalue weighted by Crippen LogP contribution is 2.41. The first-order chi connectivity index (χ1) is 11.2. The third-order valence-corrected chi connectivity index (χ3v) is 3.23. The summed E-state index contributed by atoms with van der Waals surface area (Å²) in [5.41, 5.74) is 2.70. The molecule has 3 N–H and O–H groups in total. The maximum Gasteiger partial charge on any atom is 0.573 e. The number of pyridine rings is 1. The van der Waals surface area contributed by atoms with E-state index in [9.17, 15) is 23.2 Å². The van der Waals surface area contributed by atoms with E-state index in [-0.39, 0.29) is 5.02 Å². The molecular weight excluding hydrogens is 349 g/mol. The van der Waals surface area contributed by atoms with Crippen LogP contribution in [0.4, 0.5) is 19.0 Å². The van der Waals surface area contributed by atoms with E-state index in [0.29, 0.717) is 0 Å². The lowest BCUT2D eigenvalue weighted by Crippen LogP contribution is -2.19. The zero-order chi connectivity index (χ0) is 18.1. The number of nitrogens with one attached hydrogen (secondary N) is 1. The summed E-state index contributed by atoms with van der Waals surface area (Å²) in [6, 6.07) is 6.52. The largest absolute Gasteiger partial charge is 0.573 e. The summed E-state index contributed by atoms with van der Waals surface area (Å²) in [4.78, 5) is 13.9. The van der Waals surface area contributed by atoms with Gasteiger partial charge in [-0.2, -0.15) is 10.5 Å². The number of nitrogens with two attached hydrogens (primary N) is 1. The minimum atomic E-state index is -5.05. The van der Waals surface area contributed by atoms with Crippen molar-refractivity contribution >= 4 is 17.4 Å². The van der Waals surface area contributed by atoms with Crippen molar-refractivity contribution in [2.75, 3.05) is 5.73 Å². The van der Waals surface area contributed by atoms with Crippen molar-refractivity contribution in [3.8, 4) is 29.0 Å². The average molecular weight is 355 g/mol. The molecule has 0 atom stereocenters. The number of ether oxygens (including phenoxy) is 1. The maximum atomic E-state index is 12.6. The van der Waals surface area contributed by atoms with Crippen molar-refractivity contribution in [1.29, 1.82) is 10.5 Å². The predicted molar refractivity (Wildman–Crippen MR) is 78.0 cm³/mol. The Morgan fingerprint density at radius 1 is 1.17 bits per heavy atom. The first-order valence-electron chi connectivity index (χ1n) is 6.10. The Labute approximate surface area is 137 Å². The van der Waals surface area contributed by atoms with Crippen molar-refractivity contribution < 1.29 is 17.9 Å². The van der Waals surface area contributed by atoms with E-state index in [1.807, 2.05) is 0 Å². The number of benzene rings is 1. The Balaban J connectivity index is 2.96. The number of aromatic amines is 1. The number of halogens is 4. The molecule has 1 aromatic heterocycles. The van der Waals surface area contributed by atoms with E-state index < -0.39 is 45.7 Å². The Morgan fingerprint density at radius 3 is 2.33 bits per heavy atom. The lowest BCUT2D eigenvalue weighted by molar-refractivity contribution is -0.274. The van der Waals surface area contributed by atoms with Gasteiger partial charge in [-0.15, -0.1) is 13.2 Å². The van der Waals surface area contributed by atoms with Gasteiger partial charge in [-0.3, -0.25) is 4.79 Å². The van der Waals surface area contributed by atoms with Crippen LogP contribution in [0.1, 0.15) is 11.1 Å². The highest BCUT2D eigenvalue weighted by molar-refractivity contribution is 6.34. The van der Waals surface area contributed by atoms with Crippen LogP contribution in [0.15, 0.2) is 23.0 Å². The Hall–Kier alpha value is -3.17. The first-order valence-corrected chi connectivity index (χ1v) is 6.48. The molecular formula is C14H6ClF3N4O2. The fourth-order valence-corrected chi connectivity index (χ4v) is 2.31. The molecule has 1 aromatic carbocycles. The van der Waals surface area contributed by atoms with Crippen LogP contribution in [0.5, 0.6) is 5.75 Å². The molecule has 0 aliphatic carbocycles. The molecule has 0 saturated heterocycles. The molecule has 2 rings (SSSR count). The molecule has 10 heteroatoms. The van der Waals surface area contributed by atoms with Gasteiger partial charge < -0.3 is 15.5 Å². The van der Waals surface area contributed by atoms with Crippen molar-refractivity contribution in [1.82, 2.24) is 4.98 Å². The summed E-state index contributed by atoms with van der Waals surface area (Å²) in [5, 5.41) is 18.1. The molecule has 0 saturated carbocycles. The van der Waals surface area contributed by atoms with Gasteiger partial charge in [0.15, 0.2) is 0 Å². The van der Waals surface area contributed by atoms with E-state index in [1.54, 1.807) is 6.07 Å². The molecule has 0 radical (unpaired) electrons. The molecule has 0 aliphatic rings. The van der Waals surface area contributed by atoms with Gasteiger partial charge >= 0.3 is 6.36 Å². The lowest BCUT2D eigenvalue weighted by Gasteiger charge is -2.16. The summed E-state index contributed by atoms with van der Waals surface area (Å²) in [6.07, 6.45) is -5.05. The number of alkyl halides is 3. The molecule has 6 nitrogen and oxygen atoms in total. The molecule has 0 bridgehead atoms. The van der Waals surface area contributed by atoms with E-state index in [1.165, 1.54) is 18.2 Å². The highest BCUT2D eigenvalue weighted by atomic mass is 35.5. The second kappa shape index (κ2) is 6.14. The maximum absolute atomic E-state index is 12.6. The minimum absolute atomic E-state index is 0.255. The van der Waals surface area contributed by atoms with Gasteiger partial charge in [-0.25, -0.2) is 0 Å². The van der Waals surface area contributed by atoms with Crippen molar-refractivity contribution in [2.24, 2.45) is 0 Å². The number of hydrogen-bond acceptors (Lipinski definition) is 5. The summed E-state index contributed by atoms with van der Waals surface area (Å²) >= 11 is 5.94. The number of aromatic nitrogens is 1. The number of rotatable bonds is 2. The molecule has 0 fully saturated rings. The SMILES string of the molecule is N#Cc1c(N)[nH]c(=O)c(C#N)c1-c1c(Cl)cccc1OC(F)(F)F. The zero-order valence-corrected chi connectivity index (χ0v) is 12.3. The van der Waals surface area contributed by atoms with Gasteiger partial charge in [0.25, 0.3) is 5.56 Å². The number of nitrogens with zero attached hydrogens (tertiary/aromatic N) is 2. The summed E-state index contributed by atoms with van der Waals surface area (Å²) in [7, 11) is 0. The fourth-order valence-electron chi connectivity index (χ4n) is 2.05. The van der Waals surface area contributed by atoms with Crippen LogP contribution in [0, 0.1) is 22.7 Å². The number of nitrogen functional groups attached to an aromatic ring is 1. The third kappa shape index (κ3) is 3.12. The van der Waals surface area contributed by atoms with Crippen LogP contribution in [-0.2, 0) is 0 Å². The van der Waals surface area contributed by atoms with Crippen LogP contribution in [0.25, 0.3) is 11.1 Å². The lowest BCUT2D eigenvalue weighted by atomic mass is 9.96. The molecule has 122 valence electrons. The summed E-state index contributed by atoms with van der Waals surface area (Å²) in [5.74, 6) is -1.18. The quantitative estimate of drug-likeness (QED) is 0.860. The zero-order valence-electron chi connectivity index (χ0n) is 11.5. The molecule has 1 heterocycles. The number of nitriles is 2. The van der Waals surface area contributed by atoms with Gasteiger partial charge in [0.2, 0.25) is 0 Å². The predicted octanol–water partition coefficient (Wildman–Crippen LogP) is 2.92. The second-order valence-electron chi connectivity index (χ2n) is 4.38. The monoisotopic (exact) mass is 354 g/mol. The van der Waals surface area contributed by atoms with Gasteiger partial charge in [-0.1, -0.05) is 17.7 Å². The fraction of sp³-hybridized carbons (Fsp3) is 0.0714. The molecule has 0 spiro atoms. The topological polar surface area (TPSA) is 116 Å². The number of hydrogen-bond donors (Lipinski definition) is 2. The van der Waals surface area contributed by atoms with Gasteiger partial charge in [0.1, 0.15) is 34.8 Å². The molecule has 2 aromatic rings. The van der Waals surface area contributed by atoms with Crippen LogP contribution in [0.2, 0.25) is 5.02 Å². The highest BCUT2D eigenvalue weighted by Gasteiger charge is 2.34. The van der Waals surface area contributed by atoms with Crippen molar-refractivity contribution in [2.45, 2.75) is 6.36 Å². The number of anilines is 1. The summed E-state index contributed by atoms with van der Waals surface area (Å²) < 4.78 is 41.7. The van der Waals surface area contributed by atoms with Gasteiger partial charge in [0.05, 0.1) is 5.02 Å². The third-order valence-electron chi connectivity index (χ3n) is 2.92. The van der Waals surface area contributed by atoms with Gasteiger partial charge in [-0.05, 0) is 12.1 Å². The van der Waals surface area contributed by atoms with E-state index in [2.05, 4.69) is 9.72 Å².